The molecule has 0 atom stereocenters. The van der Waals surface area contributed by atoms with E-state index in [0.717, 1.165) is 10.5 Å². The number of carbonyl (C=O) groups excluding carboxylic acids is 1. The number of thiazole rings is 1. The number of nitrogens with one attached hydrogen (secondary N) is 1. The molecule has 4 heterocycles. The summed E-state index contributed by atoms with van der Waals surface area (Å²) in [7, 11) is 0. The fraction of sp³-hybridized carbons (Fsp3) is 0.143. The van der Waals surface area contributed by atoms with Gasteiger partial charge in [-0.3, -0.25) is 4.79 Å². The smallest absolute Gasteiger partial charge is 0.267 e. The average Bonchev–Trinajstić information content (AvgIpc) is 3.51. The third-order valence-corrected chi connectivity index (χ3v) is 5.72. The molecule has 1 amide bonds. The number of imidazole rings is 1. The molecule has 4 aromatic heterocycles. The van der Waals surface area contributed by atoms with Gasteiger partial charge in [-0.1, -0.05) is 6.07 Å². The van der Waals surface area contributed by atoms with Crippen LogP contribution in [0, 0.1) is 6.92 Å². The number of benzene rings is 1. The van der Waals surface area contributed by atoms with Crippen LogP contribution in [0.25, 0.3) is 22.6 Å². The Morgan fingerprint density at radius 1 is 1.24 bits per heavy atom. The second-order valence-electron chi connectivity index (χ2n) is 7.02. The molecule has 0 aliphatic heterocycles. The Kier molecular flexibility index (Phi) is 5.18. The zero-order valence-electron chi connectivity index (χ0n) is 17.6. The van der Waals surface area contributed by atoms with E-state index < -0.39 is 0 Å². The van der Waals surface area contributed by atoms with Crippen molar-refractivity contribution in [3.63, 3.8) is 0 Å². The second kappa shape index (κ2) is 8.31. The van der Waals surface area contributed by atoms with Crippen LogP contribution in [-0.2, 0) is 6.54 Å². The predicted molar refractivity (Wildman–Crippen MR) is 122 cm³/mol. The number of aryl methyl sites for hydroxylation is 2. The second-order valence-corrected chi connectivity index (χ2v) is 8.25. The van der Waals surface area contributed by atoms with Gasteiger partial charge in [-0.2, -0.15) is 0 Å². The van der Waals surface area contributed by atoms with Crippen LogP contribution >= 0.6 is 11.3 Å². The quantitative estimate of drug-likeness (QED) is 0.383. The first-order valence-corrected chi connectivity index (χ1v) is 10.8. The highest BCUT2D eigenvalue weighted by Gasteiger charge is 2.19. The van der Waals surface area contributed by atoms with E-state index >= 15 is 0 Å². The van der Waals surface area contributed by atoms with Crippen LogP contribution in [-0.4, -0.2) is 35.7 Å². The lowest BCUT2D eigenvalue weighted by Crippen LogP contribution is -2.10. The summed E-state index contributed by atoms with van der Waals surface area (Å²) in [5, 5.41) is 11.2. The van der Waals surface area contributed by atoms with Crippen LogP contribution in [0.2, 0.25) is 0 Å². The number of nitrogens with two attached hydrogens (primary N) is 1. The van der Waals surface area contributed by atoms with E-state index in [4.69, 9.17) is 15.1 Å². The van der Waals surface area contributed by atoms with Gasteiger partial charge < -0.3 is 20.4 Å². The topological polar surface area (TPSA) is 147 Å². The molecule has 0 fully saturated rings. The highest BCUT2D eigenvalue weighted by Crippen LogP contribution is 2.30. The number of anilines is 2. The third-order valence-electron chi connectivity index (χ3n) is 4.81. The minimum atomic E-state index is -0.224. The molecular weight excluding hydrogens is 444 g/mol. The highest BCUT2D eigenvalue weighted by atomic mass is 32.1. The van der Waals surface area contributed by atoms with Gasteiger partial charge in [-0.15, -0.1) is 11.3 Å². The van der Waals surface area contributed by atoms with Crippen LogP contribution in [0.3, 0.4) is 0 Å². The van der Waals surface area contributed by atoms with Crippen molar-refractivity contribution in [3.05, 3.63) is 52.6 Å². The Balaban J connectivity index is 1.41. The van der Waals surface area contributed by atoms with Crippen LogP contribution < -0.4 is 15.8 Å². The summed E-state index contributed by atoms with van der Waals surface area (Å²) >= 11 is 1.33. The van der Waals surface area contributed by atoms with Gasteiger partial charge >= 0.3 is 0 Å². The van der Waals surface area contributed by atoms with Crippen molar-refractivity contribution in [2.75, 3.05) is 11.1 Å². The van der Waals surface area contributed by atoms with E-state index in [2.05, 4.69) is 30.6 Å². The van der Waals surface area contributed by atoms with E-state index in [9.17, 15) is 4.79 Å². The summed E-state index contributed by atoms with van der Waals surface area (Å²) < 4.78 is 12.6. The van der Waals surface area contributed by atoms with Gasteiger partial charge in [0.15, 0.2) is 17.3 Å². The first kappa shape index (κ1) is 20.6. The molecule has 0 spiro atoms. The van der Waals surface area contributed by atoms with Crippen molar-refractivity contribution < 1.29 is 14.2 Å². The number of nitrogens with zero attached hydrogens (tertiary/aromatic N) is 6. The van der Waals surface area contributed by atoms with E-state index in [0.29, 0.717) is 45.8 Å². The Hall–Kier alpha value is -4.32. The van der Waals surface area contributed by atoms with E-state index in [1.165, 1.54) is 11.3 Å². The van der Waals surface area contributed by atoms with Crippen molar-refractivity contribution in [1.82, 2.24) is 29.8 Å². The number of pyridine rings is 1. The summed E-state index contributed by atoms with van der Waals surface area (Å²) in [5.74, 6) is 1.37. The monoisotopic (exact) mass is 462 g/mol. The zero-order chi connectivity index (χ0) is 22.9. The van der Waals surface area contributed by atoms with Crippen LogP contribution in [0.4, 0.5) is 11.5 Å². The molecule has 0 aliphatic carbocycles. The Bertz CT molecular complexity index is 1470. The third kappa shape index (κ3) is 3.99. The minimum absolute atomic E-state index is 0.164. The van der Waals surface area contributed by atoms with Crippen LogP contribution in [0.5, 0.6) is 11.6 Å². The Morgan fingerprint density at radius 3 is 2.85 bits per heavy atom. The fourth-order valence-electron chi connectivity index (χ4n) is 3.33. The SMILES string of the molecule is CCn1c(-c2nonc2N)nc2cnc(Oc3cccc(NC(=O)c4cnc(C)s4)c3)cc21. The van der Waals surface area contributed by atoms with Gasteiger partial charge in [0.2, 0.25) is 5.88 Å². The number of fused-ring (bicyclic) bond motifs is 1. The van der Waals surface area contributed by atoms with Gasteiger partial charge in [0.05, 0.1) is 22.9 Å². The molecule has 0 saturated carbocycles. The number of ether oxygens (including phenoxy) is 1. The molecule has 0 aliphatic rings. The van der Waals surface area contributed by atoms with Gasteiger partial charge in [0.1, 0.15) is 16.1 Å². The molecule has 0 saturated heterocycles. The molecule has 5 rings (SSSR count). The highest BCUT2D eigenvalue weighted by molar-refractivity contribution is 7.13. The van der Waals surface area contributed by atoms with Crippen molar-refractivity contribution in [1.29, 1.82) is 0 Å². The van der Waals surface area contributed by atoms with E-state index in [1.807, 2.05) is 18.4 Å². The molecule has 166 valence electrons. The molecule has 0 radical (unpaired) electrons. The maximum Gasteiger partial charge on any atom is 0.267 e. The summed E-state index contributed by atoms with van der Waals surface area (Å²) in [5.41, 5.74) is 8.26. The largest absolute Gasteiger partial charge is 0.439 e. The summed E-state index contributed by atoms with van der Waals surface area (Å²) in [6, 6.07) is 8.86. The molecule has 0 unspecified atom stereocenters. The molecule has 33 heavy (non-hydrogen) atoms. The first-order chi connectivity index (χ1) is 16.0. The molecular formula is C21H18N8O3S. The first-order valence-electron chi connectivity index (χ1n) is 9.98. The summed E-state index contributed by atoms with van der Waals surface area (Å²) in [4.78, 5) is 26.0. The number of rotatable bonds is 6. The van der Waals surface area contributed by atoms with Crippen molar-refractivity contribution in [2.45, 2.75) is 20.4 Å². The number of carbonyl (C=O) groups is 1. The summed E-state index contributed by atoms with van der Waals surface area (Å²) in [6.07, 6.45) is 3.17. The normalized spacial score (nSPS) is 11.1. The Labute approximate surface area is 191 Å². The van der Waals surface area contributed by atoms with E-state index in [-0.39, 0.29) is 11.7 Å². The van der Waals surface area contributed by atoms with Crippen LogP contribution in [0.15, 0.2) is 47.4 Å². The minimum Gasteiger partial charge on any atom is -0.439 e. The number of hydrogen-bond donors (Lipinski definition) is 2. The average molecular weight is 462 g/mol. The van der Waals surface area contributed by atoms with Crippen LogP contribution in [0.1, 0.15) is 21.6 Å². The fourth-order valence-corrected chi connectivity index (χ4v) is 4.01. The molecule has 1 aromatic carbocycles. The van der Waals surface area contributed by atoms with Gasteiger partial charge in [0.25, 0.3) is 5.91 Å². The number of hydrogen-bond acceptors (Lipinski definition) is 10. The van der Waals surface area contributed by atoms with Crippen molar-refractivity contribution >= 4 is 39.8 Å². The van der Waals surface area contributed by atoms with Gasteiger partial charge in [-0.05, 0) is 36.3 Å². The Morgan fingerprint density at radius 2 is 2.12 bits per heavy atom. The molecule has 3 N–H and O–H groups in total. The zero-order valence-corrected chi connectivity index (χ0v) is 18.5. The van der Waals surface area contributed by atoms with E-state index in [1.54, 1.807) is 42.7 Å². The maximum absolute atomic E-state index is 12.4. The lowest BCUT2D eigenvalue weighted by Gasteiger charge is -2.08. The molecule has 12 heteroatoms. The number of nitrogen functional groups attached to an aromatic ring is 1. The molecule has 11 nitrogen and oxygen atoms in total. The maximum atomic E-state index is 12.4. The van der Waals surface area contributed by atoms with Gasteiger partial charge in [0, 0.05) is 24.4 Å². The lowest BCUT2D eigenvalue weighted by molar-refractivity contribution is 0.103. The summed E-state index contributed by atoms with van der Waals surface area (Å²) in [6.45, 7) is 4.44. The van der Waals surface area contributed by atoms with Gasteiger partial charge in [-0.25, -0.2) is 19.6 Å². The lowest BCUT2D eigenvalue weighted by atomic mass is 10.3. The van der Waals surface area contributed by atoms with Crippen molar-refractivity contribution in [3.8, 4) is 23.1 Å². The standard InChI is InChI=1S/C21H18N8O3S/c1-3-29-15-8-17(24-9-14(15)26-20(29)18-19(22)28-32-27-18)31-13-6-4-5-12(7-13)25-21(30)16-10-23-11(2)33-16/h4-10H,3H2,1-2H3,(H2,22,28)(H,25,30). The van der Waals surface area contributed by atoms with Crippen molar-refractivity contribution in [2.24, 2.45) is 0 Å². The predicted octanol–water partition coefficient (Wildman–Crippen LogP) is 3.89. The number of aromatic nitrogens is 6. The number of amides is 1. The molecule has 5 aromatic rings. The molecule has 0 bridgehead atoms.